The van der Waals surface area contributed by atoms with Gasteiger partial charge in [0.1, 0.15) is 0 Å². The predicted octanol–water partition coefficient (Wildman–Crippen LogP) is 2.68. The molecule has 0 aliphatic carbocycles. The molecule has 0 spiro atoms. The summed E-state index contributed by atoms with van der Waals surface area (Å²) in [7, 11) is 0. The minimum absolute atomic E-state index is 0. The zero-order valence-corrected chi connectivity index (χ0v) is 14.0. The van der Waals surface area contributed by atoms with Crippen molar-refractivity contribution in [3.63, 3.8) is 0 Å². The van der Waals surface area contributed by atoms with Crippen LogP contribution in [0.3, 0.4) is 0 Å². The van der Waals surface area contributed by atoms with Gasteiger partial charge in [-0.2, -0.15) is 9.78 Å². The average Bonchev–Trinajstić information content (AvgIpc) is 2.42. The first kappa shape index (κ1) is 19.8. The first-order valence-electron chi connectivity index (χ1n) is 6.25. The zero-order valence-electron chi connectivity index (χ0n) is 12.4. The van der Waals surface area contributed by atoms with Crippen molar-refractivity contribution in [1.82, 2.24) is 0 Å². The molecule has 0 unspecified atom stereocenters. The van der Waals surface area contributed by atoms with Gasteiger partial charge in [0, 0.05) is 21.7 Å². The second-order valence-electron chi connectivity index (χ2n) is 4.61. The normalized spacial score (nSPS) is 10.2. The van der Waals surface area contributed by atoms with E-state index in [1.54, 1.807) is 27.7 Å². The van der Waals surface area contributed by atoms with E-state index in [2.05, 4.69) is 9.78 Å². The van der Waals surface area contributed by atoms with E-state index in [0.29, 0.717) is 0 Å². The van der Waals surface area contributed by atoms with E-state index in [4.69, 9.17) is 9.78 Å². The maximum atomic E-state index is 11.6. The smallest absolute Gasteiger partial charge is 0.293 e. The third kappa shape index (κ3) is 7.38. The SMILES string of the molecule is CC(C)OOC(=O)c1ccc(C(=O)OOC(C)C)cc1.[Ti]. The summed E-state index contributed by atoms with van der Waals surface area (Å²) in [6.07, 6.45) is -0.442. The van der Waals surface area contributed by atoms with Crippen molar-refractivity contribution in [3.8, 4) is 0 Å². The van der Waals surface area contributed by atoms with Gasteiger partial charge in [0.05, 0.1) is 23.3 Å². The van der Waals surface area contributed by atoms with Gasteiger partial charge in [0.15, 0.2) is 0 Å². The molecular weight excluding hydrogens is 312 g/mol. The molecular formula is C14H18O6Ti. The quantitative estimate of drug-likeness (QED) is 0.454. The van der Waals surface area contributed by atoms with Gasteiger partial charge < -0.3 is 0 Å². The van der Waals surface area contributed by atoms with Crippen LogP contribution in [0.2, 0.25) is 0 Å². The molecule has 0 aliphatic heterocycles. The van der Waals surface area contributed by atoms with Gasteiger partial charge in [-0.1, -0.05) is 0 Å². The van der Waals surface area contributed by atoms with Crippen LogP contribution < -0.4 is 0 Å². The number of carbonyl (C=O) groups is 2. The Morgan fingerprint density at radius 1 is 0.762 bits per heavy atom. The number of hydrogen-bond acceptors (Lipinski definition) is 6. The average molecular weight is 330 g/mol. The van der Waals surface area contributed by atoms with Crippen molar-refractivity contribution in [3.05, 3.63) is 35.4 Å². The molecule has 0 saturated heterocycles. The molecule has 0 amide bonds. The Labute approximate surface area is 138 Å². The number of benzene rings is 1. The molecule has 1 aromatic rings. The fraction of sp³-hybridized carbons (Fsp3) is 0.429. The van der Waals surface area contributed by atoms with Crippen LogP contribution in [-0.2, 0) is 41.3 Å². The second-order valence-corrected chi connectivity index (χ2v) is 4.61. The first-order valence-corrected chi connectivity index (χ1v) is 6.25. The Kier molecular flexibility index (Phi) is 9.12. The van der Waals surface area contributed by atoms with Crippen molar-refractivity contribution in [2.75, 3.05) is 0 Å². The molecule has 0 atom stereocenters. The molecule has 0 radical (unpaired) electrons. The second kappa shape index (κ2) is 9.68. The number of hydrogen-bond donors (Lipinski definition) is 0. The van der Waals surface area contributed by atoms with E-state index >= 15 is 0 Å². The van der Waals surface area contributed by atoms with Crippen molar-refractivity contribution >= 4 is 11.9 Å². The van der Waals surface area contributed by atoms with Crippen LogP contribution in [0.5, 0.6) is 0 Å². The van der Waals surface area contributed by atoms with Gasteiger partial charge in [-0.3, -0.25) is 9.78 Å². The fourth-order valence-electron chi connectivity index (χ4n) is 1.12. The van der Waals surface area contributed by atoms with Crippen LogP contribution in [0.25, 0.3) is 0 Å². The van der Waals surface area contributed by atoms with E-state index in [1.807, 2.05) is 0 Å². The number of carbonyl (C=O) groups excluding carboxylic acids is 2. The van der Waals surface area contributed by atoms with E-state index in [0.717, 1.165) is 0 Å². The van der Waals surface area contributed by atoms with Crippen LogP contribution in [-0.4, -0.2) is 24.1 Å². The summed E-state index contributed by atoms with van der Waals surface area (Å²) in [6.45, 7) is 6.95. The minimum atomic E-state index is -0.628. The maximum Gasteiger partial charge on any atom is 0.373 e. The van der Waals surface area contributed by atoms with E-state index in [-0.39, 0.29) is 45.1 Å². The molecule has 1 aromatic carbocycles. The molecule has 0 fully saturated rings. The van der Waals surface area contributed by atoms with Gasteiger partial charge in [-0.25, -0.2) is 9.59 Å². The third-order valence-electron chi connectivity index (χ3n) is 1.99. The summed E-state index contributed by atoms with van der Waals surface area (Å²) >= 11 is 0. The molecule has 6 nitrogen and oxygen atoms in total. The molecule has 0 heterocycles. The Morgan fingerprint density at radius 3 is 1.29 bits per heavy atom. The summed E-state index contributed by atoms with van der Waals surface area (Å²) in [5.41, 5.74) is 0.541. The zero-order chi connectivity index (χ0) is 15.1. The molecule has 0 bridgehead atoms. The topological polar surface area (TPSA) is 71.1 Å². The minimum Gasteiger partial charge on any atom is -0.293 e. The standard InChI is InChI=1S/C14H18O6.Ti/c1-9(2)17-19-13(15)11-5-7-12(8-6-11)14(16)20-18-10(3)4;/h5-10H,1-4H3;. The molecule has 7 heteroatoms. The summed E-state index contributed by atoms with van der Waals surface area (Å²) in [4.78, 5) is 41.8. The van der Waals surface area contributed by atoms with Crippen LogP contribution in [0.4, 0.5) is 0 Å². The maximum absolute atomic E-state index is 11.6. The van der Waals surface area contributed by atoms with E-state index in [9.17, 15) is 9.59 Å². The third-order valence-corrected chi connectivity index (χ3v) is 1.99. The van der Waals surface area contributed by atoms with E-state index < -0.39 is 11.9 Å². The first-order chi connectivity index (χ1) is 9.40. The Hall–Kier alpha value is -1.21. The van der Waals surface area contributed by atoms with Gasteiger partial charge in [-0.15, -0.1) is 0 Å². The van der Waals surface area contributed by atoms with Crippen LogP contribution in [0.15, 0.2) is 24.3 Å². The summed E-state index contributed by atoms with van der Waals surface area (Å²) in [6, 6.07) is 5.77. The Morgan fingerprint density at radius 2 is 1.05 bits per heavy atom. The van der Waals surface area contributed by atoms with Crippen LogP contribution in [0.1, 0.15) is 48.4 Å². The molecule has 0 saturated carbocycles. The predicted molar refractivity (Wildman–Crippen MR) is 69.7 cm³/mol. The van der Waals surface area contributed by atoms with E-state index in [1.165, 1.54) is 24.3 Å². The van der Waals surface area contributed by atoms with Crippen molar-refractivity contribution in [2.45, 2.75) is 39.9 Å². The monoisotopic (exact) mass is 330 g/mol. The molecule has 0 aromatic heterocycles. The van der Waals surface area contributed by atoms with Crippen molar-refractivity contribution in [1.29, 1.82) is 0 Å². The summed E-state index contributed by atoms with van der Waals surface area (Å²) in [5.74, 6) is -1.26. The largest absolute Gasteiger partial charge is 0.373 e. The summed E-state index contributed by atoms with van der Waals surface area (Å²) < 4.78 is 0. The van der Waals surface area contributed by atoms with Crippen molar-refractivity contribution < 1.29 is 50.9 Å². The molecule has 21 heavy (non-hydrogen) atoms. The molecule has 0 aliphatic rings. The summed E-state index contributed by atoms with van der Waals surface area (Å²) in [5, 5.41) is 0. The molecule has 114 valence electrons. The molecule has 0 N–H and O–H groups in total. The Balaban J connectivity index is 0.00000400. The van der Waals surface area contributed by atoms with Gasteiger partial charge >= 0.3 is 11.9 Å². The fourth-order valence-corrected chi connectivity index (χ4v) is 1.12. The van der Waals surface area contributed by atoms with Crippen LogP contribution >= 0.6 is 0 Å². The number of rotatable bonds is 6. The van der Waals surface area contributed by atoms with Crippen molar-refractivity contribution in [2.24, 2.45) is 0 Å². The van der Waals surface area contributed by atoms with Gasteiger partial charge in [0.25, 0.3) is 0 Å². The van der Waals surface area contributed by atoms with Crippen LogP contribution in [0, 0.1) is 0 Å². The van der Waals surface area contributed by atoms with Gasteiger partial charge in [0.2, 0.25) is 0 Å². The Bertz CT molecular complexity index is 412. The van der Waals surface area contributed by atoms with Gasteiger partial charge in [-0.05, 0) is 52.0 Å². The molecule has 1 rings (SSSR count).